The van der Waals surface area contributed by atoms with Crippen molar-refractivity contribution in [1.82, 2.24) is 0 Å². The zero-order valence-corrected chi connectivity index (χ0v) is 14.2. The largest absolute Gasteiger partial charge is 0.469 e. The van der Waals surface area contributed by atoms with E-state index in [1.165, 1.54) is 0 Å². The van der Waals surface area contributed by atoms with Gasteiger partial charge in [-0.3, -0.25) is 9.32 Å². The molecule has 1 aromatic carbocycles. The first-order chi connectivity index (χ1) is 10.0. The number of rotatable bonds is 7. The van der Waals surface area contributed by atoms with Crippen LogP contribution in [0.5, 0.6) is 0 Å². The fraction of sp³-hybridized carbons (Fsp3) is 0.533. The molecule has 0 saturated heterocycles. The molecule has 0 radical (unpaired) electrons. The van der Waals surface area contributed by atoms with E-state index in [2.05, 4.69) is 4.52 Å². The average Bonchev–Trinajstić information content (AvgIpc) is 2.34. The molecule has 22 heavy (non-hydrogen) atoms. The Balaban J connectivity index is 2.94. The summed E-state index contributed by atoms with van der Waals surface area (Å²) in [5.74, 6) is -0.314. The lowest BCUT2D eigenvalue weighted by atomic mass is 9.79. The summed E-state index contributed by atoms with van der Waals surface area (Å²) < 4.78 is 20.6. The number of hydrogen-bond acceptors (Lipinski definition) is 4. The van der Waals surface area contributed by atoms with Crippen molar-refractivity contribution in [1.29, 1.82) is 0 Å². The maximum Gasteiger partial charge on any atom is 0.469 e. The Hall–Kier alpha value is -1.20. The molecule has 0 atom stereocenters. The fourth-order valence-electron chi connectivity index (χ4n) is 2.22. The Morgan fingerprint density at radius 1 is 1.27 bits per heavy atom. The second-order valence-electron chi connectivity index (χ2n) is 6.02. The molecule has 0 heterocycles. The highest BCUT2D eigenvalue weighted by Crippen LogP contribution is 2.38. The van der Waals surface area contributed by atoms with Crippen molar-refractivity contribution < 1.29 is 28.4 Å². The van der Waals surface area contributed by atoms with Crippen molar-refractivity contribution in [2.24, 2.45) is 0 Å². The molecule has 7 heteroatoms. The third kappa shape index (κ3) is 6.28. The third-order valence-electron chi connectivity index (χ3n) is 3.09. The van der Waals surface area contributed by atoms with E-state index < -0.39 is 13.2 Å². The van der Waals surface area contributed by atoms with Crippen LogP contribution in [0.25, 0.3) is 0 Å². The van der Waals surface area contributed by atoms with Gasteiger partial charge in [-0.15, -0.1) is 0 Å². The van der Waals surface area contributed by atoms with Gasteiger partial charge in [0.25, 0.3) is 0 Å². The molecule has 2 N–H and O–H groups in total. The first kappa shape index (κ1) is 18.8. The van der Waals surface area contributed by atoms with Crippen LogP contribution in [-0.2, 0) is 30.6 Å². The fourth-order valence-corrected chi connectivity index (χ4v) is 2.53. The number of ether oxygens (including phenoxy) is 1. The van der Waals surface area contributed by atoms with Crippen LogP contribution in [-0.4, -0.2) is 21.9 Å². The zero-order chi connectivity index (χ0) is 17.0. The smallest absolute Gasteiger partial charge is 0.463 e. The minimum Gasteiger partial charge on any atom is -0.463 e. The predicted octanol–water partition coefficient (Wildman–Crippen LogP) is 2.92. The lowest BCUT2D eigenvalue weighted by Gasteiger charge is -2.27. The molecule has 0 bridgehead atoms. The van der Waals surface area contributed by atoms with E-state index in [1.807, 2.05) is 26.0 Å². The summed E-state index contributed by atoms with van der Waals surface area (Å²) in [6.45, 7) is 7.11. The third-order valence-corrected chi connectivity index (χ3v) is 3.55. The van der Waals surface area contributed by atoms with Crippen LogP contribution in [0.1, 0.15) is 45.2 Å². The normalized spacial score (nSPS) is 12.5. The highest BCUT2D eigenvalue weighted by Gasteiger charge is 2.28. The van der Waals surface area contributed by atoms with Crippen LogP contribution in [0.4, 0.5) is 0 Å². The lowest BCUT2D eigenvalue weighted by molar-refractivity contribution is -0.148. The second-order valence-corrected chi connectivity index (χ2v) is 7.26. The molecule has 0 amide bonds. The summed E-state index contributed by atoms with van der Waals surface area (Å²) in [4.78, 5) is 29.6. The summed E-state index contributed by atoms with van der Waals surface area (Å²) in [7, 11) is -4.54. The van der Waals surface area contributed by atoms with Crippen LogP contribution in [0.2, 0.25) is 0 Å². The highest BCUT2D eigenvalue weighted by molar-refractivity contribution is 7.46. The molecule has 0 aliphatic heterocycles. The number of benzene rings is 1. The summed E-state index contributed by atoms with van der Waals surface area (Å²) in [5, 5.41) is 0. The quantitative estimate of drug-likeness (QED) is 0.590. The Morgan fingerprint density at radius 2 is 1.86 bits per heavy atom. The van der Waals surface area contributed by atoms with Gasteiger partial charge in [-0.25, -0.2) is 4.57 Å². The SMILES string of the molecule is CC(C)OC(=O)CC(C)(C)c1ccccc1COP(=O)(O)O. The second kappa shape index (κ2) is 7.38. The molecular weight excluding hydrogens is 307 g/mol. The topological polar surface area (TPSA) is 93.1 Å². The molecule has 0 saturated carbocycles. The molecule has 0 spiro atoms. The van der Waals surface area contributed by atoms with E-state index in [9.17, 15) is 9.36 Å². The lowest BCUT2D eigenvalue weighted by Crippen LogP contribution is -2.26. The molecular formula is C15H23O6P. The summed E-state index contributed by atoms with van der Waals surface area (Å²) >= 11 is 0. The number of hydrogen-bond donors (Lipinski definition) is 2. The van der Waals surface area contributed by atoms with Gasteiger partial charge in [-0.1, -0.05) is 38.1 Å². The molecule has 0 aromatic heterocycles. The van der Waals surface area contributed by atoms with Crippen LogP contribution in [0, 0.1) is 0 Å². The van der Waals surface area contributed by atoms with E-state index >= 15 is 0 Å². The Kier molecular flexibility index (Phi) is 6.32. The number of carbonyl (C=O) groups excluding carboxylic acids is 1. The summed E-state index contributed by atoms with van der Waals surface area (Å²) in [6.07, 6.45) is -0.0190. The molecule has 0 fully saturated rings. The average molecular weight is 330 g/mol. The standard InChI is InChI=1S/C15H23O6P/c1-11(2)21-14(16)9-15(3,4)13-8-6-5-7-12(13)10-20-22(17,18)19/h5-8,11H,9-10H2,1-4H3,(H2,17,18,19). The van der Waals surface area contributed by atoms with Crippen molar-refractivity contribution >= 4 is 13.8 Å². The Morgan fingerprint density at radius 3 is 2.41 bits per heavy atom. The van der Waals surface area contributed by atoms with E-state index in [0.29, 0.717) is 5.56 Å². The minimum absolute atomic E-state index is 0.165. The maximum absolute atomic E-state index is 11.9. The zero-order valence-electron chi connectivity index (χ0n) is 13.3. The van der Waals surface area contributed by atoms with Crippen molar-refractivity contribution in [2.75, 3.05) is 0 Å². The van der Waals surface area contributed by atoms with Crippen molar-refractivity contribution in [3.63, 3.8) is 0 Å². The van der Waals surface area contributed by atoms with Gasteiger partial charge in [0, 0.05) is 5.41 Å². The first-order valence-electron chi connectivity index (χ1n) is 6.99. The van der Waals surface area contributed by atoms with E-state index in [-0.39, 0.29) is 25.1 Å². The van der Waals surface area contributed by atoms with E-state index in [4.69, 9.17) is 14.5 Å². The molecule has 0 aliphatic carbocycles. The summed E-state index contributed by atoms with van der Waals surface area (Å²) in [5.41, 5.74) is 0.887. The van der Waals surface area contributed by atoms with Gasteiger partial charge < -0.3 is 14.5 Å². The number of esters is 1. The molecule has 0 unspecified atom stereocenters. The van der Waals surface area contributed by atoms with Gasteiger partial charge in [0.05, 0.1) is 19.1 Å². The molecule has 6 nitrogen and oxygen atoms in total. The van der Waals surface area contributed by atoms with E-state index in [0.717, 1.165) is 5.56 Å². The number of phosphoric ester groups is 1. The van der Waals surface area contributed by atoms with Gasteiger partial charge in [0.1, 0.15) is 0 Å². The van der Waals surface area contributed by atoms with Gasteiger partial charge in [0.2, 0.25) is 0 Å². The van der Waals surface area contributed by atoms with Crippen LogP contribution in [0.15, 0.2) is 24.3 Å². The Labute approximate surface area is 130 Å². The minimum atomic E-state index is -4.54. The van der Waals surface area contributed by atoms with Crippen LogP contribution in [0.3, 0.4) is 0 Å². The maximum atomic E-state index is 11.9. The predicted molar refractivity (Wildman–Crippen MR) is 82.1 cm³/mol. The monoisotopic (exact) mass is 330 g/mol. The molecule has 1 rings (SSSR count). The van der Waals surface area contributed by atoms with Crippen molar-refractivity contribution in [2.45, 2.75) is 52.2 Å². The summed E-state index contributed by atoms with van der Waals surface area (Å²) in [6, 6.07) is 7.11. The molecule has 1 aromatic rings. The van der Waals surface area contributed by atoms with Crippen LogP contribution < -0.4 is 0 Å². The van der Waals surface area contributed by atoms with Gasteiger partial charge in [-0.2, -0.15) is 0 Å². The van der Waals surface area contributed by atoms with Gasteiger partial charge >= 0.3 is 13.8 Å². The van der Waals surface area contributed by atoms with E-state index in [1.54, 1.807) is 26.0 Å². The molecule has 124 valence electrons. The number of phosphoric acid groups is 1. The van der Waals surface area contributed by atoms with Crippen molar-refractivity contribution in [3.05, 3.63) is 35.4 Å². The van der Waals surface area contributed by atoms with Crippen molar-refractivity contribution in [3.8, 4) is 0 Å². The first-order valence-corrected chi connectivity index (χ1v) is 8.52. The number of carbonyl (C=O) groups is 1. The Bertz CT molecular complexity index is 561. The van der Waals surface area contributed by atoms with Crippen LogP contribution >= 0.6 is 7.82 Å². The highest BCUT2D eigenvalue weighted by atomic mass is 31.2. The van der Waals surface area contributed by atoms with Gasteiger partial charge in [0.15, 0.2) is 0 Å². The van der Waals surface area contributed by atoms with Gasteiger partial charge in [-0.05, 0) is 25.0 Å². The molecule has 0 aliphatic rings.